The van der Waals surface area contributed by atoms with Gasteiger partial charge in [0.1, 0.15) is 0 Å². The first-order chi connectivity index (χ1) is 13.3. The van der Waals surface area contributed by atoms with Gasteiger partial charge in [-0.1, -0.05) is 36.7 Å². The van der Waals surface area contributed by atoms with Crippen molar-refractivity contribution < 1.29 is 13.2 Å². The lowest BCUT2D eigenvalue weighted by molar-refractivity contribution is -0.141. The van der Waals surface area contributed by atoms with E-state index in [1.54, 1.807) is 0 Å². The van der Waals surface area contributed by atoms with Crippen molar-refractivity contribution in [2.75, 3.05) is 11.9 Å². The number of rotatable bonds is 7. The summed E-state index contributed by atoms with van der Waals surface area (Å²) in [4.78, 5) is 0. The van der Waals surface area contributed by atoms with Crippen LogP contribution in [0, 0.1) is 0 Å². The van der Waals surface area contributed by atoms with Crippen molar-refractivity contribution in [1.29, 1.82) is 0 Å². The van der Waals surface area contributed by atoms with Gasteiger partial charge in [0.15, 0.2) is 10.8 Å². The van der Waals surface area contributed by atoms with Crippen LogP contribution in [0.1, 0.15) is 49.1 Å². The van der Waals surface area contributed by atoms with Crippen LogP contribution in [-0.4, -0.2) is 21.4 Å². The second-order valence-corrected chi connectivity index (χ2v) is 7.57. The Bertz CT molecular complexity index is 846. The molecule has 1 aromatic carbocycles. The third-order valence-corrected chi connectivity index (χ3v) is 5.26. The Morgan fingerprint density at radius 1 is 1.32 bits per heavy atom. The average Bonchev–Trinajstić information content (AvgIpc) is 3.41. The van der Waals surface area contributed by atoms with Crippen molar-refractivity contribution in [3.05, 3.63) is 46.2 Å². The number of hydrogen-bond acceptors (Lipinski definition) is 2. The Labute approximate surface area is 172 Å². The monoisotopic (exact) mass is 430 g/mol. The van der Waals surface area contributed by atoms with Gasteiger partial charge in [0.05, 0.1) is 10.7 Å². The number of aromatic nitrogens is 2. The summed E-state index contributed by atoms with van der Waals surface area (Å²) in [7, 11) is 0. The van der Waals surface area contributed by atoms with Gasteiger partial charge in [-0.25, -0.2) is 0 Å². The number of hydrogen-bond donors (Lipinski definition) is 2. The van der Waals surface area contributed by atoms with Crippen molar-refractivity contribution >= 4 is 34.6 Å². The minimum Gasteiger partial charge on any atom is -0.362 e. The van der Waals surface area contributed by atoms with Crippen molar-refractivity contribution in [2.24, 2.45) is 0 Å². The molecule has 1 heterocycles. The number of thiocarbonyl (C=S) groups is 1. The summed E-state index contributed by atoms with van der Waals surface area (Å²) in [5.74, 6) is 0.0809. The van der Waals surface area contributed by atoms with Crippen LogP contribution in [-0.2, 0) is 19.1 Å². The summed E-state index contributed by atoms with van der Waals surface area (Å²) in [6, 6.07) is 7.90. The lowest BCUT2D eigenvalue weighted by Gasteiger charge is -2.13. The molecule has 152 valence electrons. The average molecular weight is 431 g/mol. The Morgan fingerprint density at radius 3 is 2.68 bits per heavy atom. The maximum absolute atomic E-state index is 13.1. The number of nitrogens with one attached hydrogen (secondary N) is 2. The molecule has 9 heteroatoms. The molecule has 0 bridgehead atoms. The fourth-order valence-corrected chi connectivity index (χ4v) is 3.71. The summed E-state index contributed by atoms with van der Waals surface area (Å²) < 4.78 is 40.7. The number of aryl methyl sites for hydroxylation is 2. The number of benzene rings is 1. The largest absolute Gasteiger partial charge is 0.436 e. The number of nitrogens with zero attached hydrogens (tertiary/aromatic N) is 2. The Morgan fingerprint density at radius 2 is 2.04 bits per heavy atom. The molecule has 1 aliphatic carbocycles. The fraction of sp³-hybridized carbons (Fsp3) is 0.474. The second-order valence-electron chi connectivity index (χ2n) is 6.79. The zero-order valence-corrected chi connectivity index (χ0v) is 17.0. The molecular weight excluding hydrogens is 409 g/mol. The van der Waals surface area contributed by atoms with Gasteiger partial charge in [-0.15, -0.1) is 0 Å². The van der Waals surface area contributed by atoms with Crippen LogP contribution in [0.4, 0.5) is 18.9 Å². The highest BCUT2D eigenvalue weighted by Crippen LogP contribution is 2.46. The van der Waals surface area contributed by atoms with Gasteiger partial charge in [0.25, 0.3) is 0 Å². The summed E-state index contributed by atoms with van der Waals surface area (Å²) in [6.45, 7) is 2.94. The molecule has 4 nitrogen and oxygen atoms in total. The van der Waals surface area contributed by atoms with Gasteiger partial charge in [-0.3, -0.25) is 4.68 Å². The molecule has 0 amide bonds. The molecule has 2 aromatic rings. The van der Waals surface area contributed by atoms with E-state index in [9.17, 15) is 13.2 Å². The van der Waals surface area contributed by atoms with E-state index in [1.165, 1.54) is 4.68 Å². The topological polar surface area (TPSA) is 41.9 Å². The fourth-order valence-electron chi connectivity index (χ4n) is 3.10. The van der Waals surface area contributed by atoms with E-state index in [1.807, 2.05) is 24.3 Å². The van der Waals surface area contributed by atoms with Crippen LogP contribution < -0.4 is 10.6 Å². The predicted molar refractivity (Wildman–Crippen MR) is 109 cm³/mol. The number of alkyl halides is 3. The van der Waals surface area contributed by atoms with Gasteiger partial charge < -0.3 is 10.6 Å². The number of anilines is 1. The van der Waals surface area contributed by atoms with Gasteiger partial charge in [0.2, 0.25) is 0 Å². The normalized spacial score (nSPS) is 14.2. The highest BCUT2D eigenvalue weighted by Gasteiger charge is 2.41. The summed E-state index contributed by atoms with van der Waals surface area (Å²) in [6.07, 6.45) is -1.37. The van der Waals surface area contributed by atoms with Crippen molar-refractivity contribution in [1.82, 2.24) is 15.1 Å². The highest BCUT2D eigenvalue weighted by atomic mass is 35.5. The molecule has 1 aromatic heterocycles. The summed E-state index contributed by atoms with van der Waals surface area (Å²) in [5.41, 5.74) is 1.63. The van der Waals surface area contributed by atoms with E-state index in [-0.39, 0.29) is 10.9 Å². The Kier molecular flexibility index (Phi) is 6.50. The van der Waals surface area contributed by atoms with E-state index < -0.39 is 11.9 Å². The Balaban J connectivity index is 1.55. The molecule has 3 rings (SSSR count). The van der Waals surface area contributed by atoms with Gasteiger partial charge >= 0.3 is 6.18 Å². The van der Waals surface area contributed by atoms with Crippen molar-refractivity contribution in [2.45, 2.75) is 51.2 Å². The van der Waals surface area contributed by atoms with Crippen LogP contribution in [0.25, 0.3) is 0 Å². The van der Waals surface area contributed by atoms with Gasteiger partial charge in [-0.2, -0.15) is 18.3 Å². The molecule has 0 aliphatic heterocycles. The smallest absolute Gasteiger partial charge is 0.362 e. The molecule has 28 heavy (non-hydrogen) atoms. The summed E-state index contributed by atoms with van der Waals surface area (Å²) >= 11 is 11.3. The van der Waals surface area contributed by atoms with E-state index in [4.69, 9.17) is 23.8 Å². The van der Waals surface area contributed by atoms with Gasteiger partial charge in [0, 0.05) is 24.7 Å². The molecule has 1 saturated carbocycles. The molecule has 0 spiro atoms. The Hall–Kier alpha value is -1.80. The quantitative estimate of drug-likeness (QED) is 0.457. The first-order valence-electron chi connectivity index (χ1n) is 9.27. The first kappa shape index (κ1) is 20.9. The third-order valence-electron chi connectivity index (χ3n) is 4.64. The van der Waals surface area contributed by atoms with E-state index in [0.29, 0.717) is 30.3 Å². The van der Waals surface area contributed by atoms with Crippen molar-refractivity contribution in [3.63, 3.8) is 0 Å². The van der Waals surface area contributed by atoms with E-state index >= 15 is 0 Å². The highest BCUT2D eigenvalue weighted by molar-refractivity contribution is 7.80. The van der Waals surface area contributed by atoms with Crippen LogP contribution in [0.15, 0.2) is 24.3 Å². The maximum Gasteiger partial charge on any atom is 0.436 e. The first-order valence-corrected chi connectivity index (χ1v) is 10.1. The number of halogens is 4. The van der Waals surface area contributed by atoms with Crippen LogP contribution in [0.5, 0.6) is 0 Å². The minimum absolute atomic E-state index is 0.0809. The zero-order chi connectivity index (χ0) is 20.3. The van der Waals surface area contributed by atoms with Crippen molar-refractivity contribution in [3.8, 4) is 0 Å². The zero-order valence-electron chi connectivity index (χ0n) is 15.4. The standard InChI is InChI=1S/C19H22ClF3N4S/c1-2-12-6-3-4-7-14(12)25-18(28)24-10-5-11-27-16(13-8-9-13)15(20)17(26-27)19(21,22)23/h3-4,6-7,13H,2,5,8-11H2,1H3,(H2,24,25,28). The lowest BCUT2D eigenvalue weighted by Crippen LogP contribution is -2.30. The molecule has 0 radical (unpaired) electrons. The molecule has 0 saturated heterocycles. The molecule has 1 fully saturated rings. The molecule has 0 unspecified atom stereocenters. The predicted octanol–water partition coefficient (Wildman–Crippen LogP) is 5.37. The summed E-state index contributed by atoms with van der Waals surface area (Å²) in [5, 5.41) is 10.2. The molecule has 2 N–H and O–H groups in total. The number of para-hydroxylation sites is 1. The van der Waals surface area contributed by atoms with E-state index in [0.717, 1.165) is 30.5 Å². The maximum atomic E-state index is 13.1. The van der Waals surface area contributed by atoms with Crippen LogP contribution in [0.2, 0.25) is 5.02 Å². The SMILES string of the molecule is CCc1ccccc1NC(=S)NCCCn1nc(C(F)(F)F)c(Cl)c1C1CC1. The van der Waals surface area contributed by atoms with E-state index in [2.05, 4.69) is 22.7 Å². The molecular formula is C19H22ClF3N4S. The second kappa shape index (κ2) is 8.69. The molecule has 1 aliphatic rings. The van der Waals surface area contributed by atoms with Crippen LogP contribution in [0.3, 0.4) is 0 Å². The van der Waals surface area contributed by atoms with Crippen LogP contribution >= 0.6 is 23.8 Å². The minimum atomic E-state index is -4.54. The third kappa shape index (κ3) is 4.97. The lowest BCUT2D eigenvalue weighted by atomic mass is 10.1. The van der Waals surface area contributed by atoms with Gasteiger partial charge in [-0.05, 0) is 49.5 Å². The molecule has 0 atom stereocenters.